The average Bonchev–Trinajstić information content (AvgIpc) is 2.39. The SMILES string of the molecule is CO[P@@]1(=O)CC([N+](=O)[O-])=C(C)/C1=N/O. The summed E-state index contributed by atoms with van der Waals surface area (Å²) in [7, 11) is -2.17. The van der Waals surface area contributed by atoms with Gasteiger partial charge in [-0.1, -0.05) is 5.16 Å². The molecule has 78 valence electrons. The summed E-state index contributed by atoms with van der Waals surface area (Å²) in [5.41, 5.74) is -0.322. The second-order valence-corrected chi connectivity index (χ2v) is 5.22. The van der Waals surface area contributed by atoms with Crippen molar-refractivity contribution in [2.75, 3.05) is 13.3 Å². The molecule has 1 aliphatic rings. The van der Waals surface area contributed by atoms with Crippen molar-refractivity contribution < 1.29 is 19.2 Å². The van der Waals surface area contributed by atoms with Crippen LogP contribution in [-0.2, 0) is 9.09 Å². The van der Waals surface area contributed by atoms with Crippen LogP contribution in [0.15, 0.2) is 16.4 Å². The number of rotatable bonds is 2. The van der Waals surface area contributed by atoms with Crippen molar-refractivity contribution in [2.24, 2.45) is 5.16 Å². The molecule has 0 radical (unpaired) electrons. The van der Waals surface area contributed by atoms with Crippen molar-refractivity contribution in [3.8, 4) is 0 Å². The van der Waals surface area contributed by atoms with Crippen LogP contribution in [0.3, 0.4) is 0 Å². The van der Waals surface area contributed by atoms with Gasteiger partial charge in [0.1, 0.15) is 6.16 Å². The molecule has 0 unspecified atom stereocenters. The number of oxime groups is 1. The minimum Gasteiger partial charge on any atom is -0.410 e. The van der Waals surface area contributed by atoms with E-state index in [1.54, 1.807) is 0 Å². The molecule has 0 saturated carbocycles. The van der Waals surface area contributed by atoms with Gasteiger partial charge in [0.2, 0.25) is 0 Å². The highest BCUT2D eigenvalue weighted by Gasteiger charge is 2.45. The highest BCUT2D eigenvalue weighted by atomic mass is 31.2. The summed E-state index contributed by atoms with van der Waals surface area (Å²) in [6.07, 6.45) is -0.318. The second kappa shape index (κ2) is 3.51. The van der Waals surface area contributed by atoms with Gasteiger partial charge < -0.3 is 9.73 Å². The molecule has 0 amide bonds. The molecule has 1 aliphatic heterocycles. The summed E-state index contributed by atoms with van der Waals surface area (Å²) in [6.45, 7) is 1.38. The van der Waals surface area contributed by atoms with Crippen molar-refractivity contribution in [1.29, 1.82) is 0 Å². The van der Waals surface area contributed by atoms with E-state index in [-0.39, 0.29) is 22.9 Å². The molecule has 1 rings (SSSR count). The van der Waals surface area contributed by atoms with Gasteiger partial charge in [0.25, 0.3) is 13.1 Å². The molecular weight excluding hydrogens is 211 g/mol. The molecule has 0 aliphatic carbocycles. The summed E-state index contributed by atoms with van der Waals surface area (Å²) in [6, 6.07) is 0. The van der Waals surface area contributed by atoms with Crippen molar-refractivity contribution >= 4 is 12.8 Å². The monoisotopic (exact) mass is 220 g/mol. The Balaban J connectivity index is 3.25. The predicted octanol–water partition coefficient (Wildman–Crippen LogP) is 1.26. The Bertz CT molecular complexity index is 386. The molecule has 0 aromatic carbocycles. The Morgan fingerprint density at radius 3 is 2.57 bits per heavy atom. The van der Waals surface area contributed by atoms with Gasteiger partial charge in [0.05, 0.1) is 10.5 Å². The molecule has 8 heteroatoms. The summed E-state index contributed by atoms with van der Waals surface area (Å²) >= 11 is 0. The fraction of sp³-hybridized carbons (Fsp3) is 0.500. The number of allylic oxidation sites excluding steroid dienone is 2. The Labute approximate surface area is 79.7 Å². The zero-order valence-electron chi connectivity index (χ0n) is 7.63. The summed E-state index contributed by atoms with van der Waals surface area (Å²) in [5.74, 6) is 0. The molecule has 0 aromatic rings. The van der Waals surface area contributed by atoms with Gasteiger partial charge in [-0.3, -0.25) is 14.7 Å². The normalized spacial score (nSPS) is 30.0. The van der Waals surface area contributed by atoms with Gasteiger partial charge in [-0.05, 0) is 6.92 Å². The molecule has 0 aromatic heterocycles. The first-order chi connectivity index (χ1) is 6.46. The highest BCUT2D eigenvalue weighted by molar-refractivity contribution is 7.78. The van der Waals surface area contributed by atoms with Gasteiger partial charge in [-0.25, -0.2) is 0 Å². The predicted molar refractivity (Wildman–Crippen MR) is 48.4 cm³/mol. The van der Waals surface area contributed by atoms with Crippen LogP contribution >= 0.6 is 7.37 Å². The third kappa shape index (κ3) is 1.44. The molecule has 0 fully saturated rings. The number of nitro groups is 1. The van der Waals surface area contributed by atoms with Crippen LogP contribution in [0.1, 0.15) is 6.92 Å². The first-order valence-electron chi connectivity index (χ1n) is 3.68. The van der Waals surface area contributed by atoms with E-state index in [9.17, 15) is 14.7 Å². The van der Waals surface area contributed by atoms with Gasteiger partial charge in [0, 0.05) is 7.11 Å². The fourth-order valence-electron chi connectivity index (χ4n) is 1.26. The Morgan fingerprint density at radius 2 is 2.29 bits per heavy atom. The van der Waals surface area contributed by atoms with Gasteiger partial charge in [-0.15, -0.1) is 0 Å². The zero-order valence-corrected chi connectivity index (χ0v) is 8.52. The lowest BCUT2D eigenvalue weighted by Gasteiger charge is -2.07. The fourth-order valence-corrected chi connectivity index (χ4v) is 3.24. The molecule has 0 saturated heterocycles. The molecule has 0 bridgehead atoms. The minimum atomic E-state index is -3.34. The summed E-state index contributed by atoms with van der Waals surface area (Å²) in [4.78, 5) is 9.87. The number of hydrogen-bond donors (Lipinski definition) is 1. The van der Waals surface area contributed by atoms with Crippen molar-refractivity contribution in [3.05, 3.63) is 21.4 Å². The van der Waals surface area contributed by atoms with E-state index in [2.05, 4.69) is 9.68 Å². The van der Waals surface area contributed by atoms with E-state index in [0.717, 1.165) is 0 Å². The largest absolute Gasteiger partial charge is 0.410 e. The number of nitrogens with zero attached hydrogens (tertiary/aromatic N) is 2. The average molecular weight is 220 g/mol. The standard InChI is InChI=1S/C6H9N2O5P/c1-4-5(8(10)11)3-14(12,13-2)6(4)7-9/h9H,3H2,1-2H3/b7-6-/t14-/m0/s1. The van der Waals surface area contributed by atoms with E-state index in [0.29, 0.717) is 0 Å². The Morgan fingerprint density at radius 1 is 1.71 bits per heavy atom. The maximum Gasteiger partial charge on any atom is 0.264 e. The maximum absolute atomic E-state index is 11.8. The quantitative estimate of drug-likeness (QED) is 0.326. The van der Waals surface area contributed by atoms with Crippen LogP contribution in [-0.4, -0.2) is 28.9 Å². The lowest BCUT2D eigenvalue weighted by molar-refractivity contribution is -0.424. The number of hydrogen-bond acceptors (Lipinski definition) is 6. The lowest BCUT2D eigenvalue weighted by Crippen LogP contribution is -2.00. The van der Waals surface area contributed by atoms with E-state index in [1.165, 1.54) is 14.0 Å². The van der Waals surface area contributed by atoms with Crippen LogP contribution < -0.4 is 0 Å². The van der Waals surface area contributed by atoms with Crippen LogP contribution in [0.2, 0.25) is 0 Å². The first-order valence-corrected chi connectivity index (χ1v) is 5.49. The van der Waals surface area contributed by atoms with Crippen molar-refractivity contribution in [3.63, 3.8) is 0 Å². The van der Waals surface area contributed by atoms with Gasteiger partial charge in [-0.2, -0.15) is 0 Å². The van der Waals surface area contributed by atoms with Crippen molar-refractivity contribution in [1.82, 2.24) is 0 Å². The zero-order chi connectivity index (χ0) is 10.9. The van der Waals surface area contributed by atoms with Gasteiger partial charge >= 0.3 is 0 Å². The molecule has 7 nitrogen and oxygen atoms in total. The molecule has 1 atom stereocenters. The van der Waals surface area contributed by atoms with Crippen molar-refractivity contribution in [2.45, 2.75) is 6.92 Å². The van der Waals surface area contributed by atoms with Gasteiger partial charge in [0.15, 0.2) is 5.45 Å². The Kier molecular flexibility index (Phi) is 2.73. The Hall–Kier alpha value is -1.20. The molecule has 1 heterocycles. The lowest BCUT2D eigenvalue weighted by atomic mass is 10.3. The first kappa shape index (κ1) is 10.9. The van der Waals surface area contributed by atoms with Crippen LogP contribution in [0.25, 0.3) is 0 Å². The molecule has 0 spiro atoms. The molecule has 1 N–H and O–H groups in total. The third-order valence-electron chi connectivity index (χ3n) is 2.06. The second-order valence-electron chi connectivity index (χ2n) is 2.77. The van der Waals surface area contributed by atoms with E-state index in [4.69, 9.17) is 5.21 Å². The van der Waals surface area contributed by atoms with Crippen LogP contribution in [0.5, 0.6) is 0 Å². The highest BCUT2D eigenvalue weighted by Crippen LogP contribution is 2.56. The summed E-state index contributed by atoms with van der Waals surface area (Å²) < 4.78 is 16.5. The van der Waals surface area contributed by atoms with Crippen LogP contribution in [0, 0.1) is 10.1 Å². The van der Waals surface area contributed by atoms with Crippen LogP contribution in [0.4, 0.5) is 0 Å². The molecular formula is C6H9N2O5P. The minimum absolute atomic E-state index is 0.114. The molecule has 14 heavy (non-hydrogen) atoms. The maximum atomic E-state index is 11.8. The van der Waals surface area contributed by atoms with E-state index < -0.39 is 12.3 Å². The smallest absolute Gasteiger partial charge is 0.264 e. The topological polar surface area (TPSA) is 102 Å². The van der Waals surface area contributed by atoms with E-state index >= 15 is 0 Å². The van der Waals surface area contributed by atoms with E-state index in [1.807, 2.05) is 0 Å². The third-order valence-corrected chi connectivity index (χ3v) is 4.43. The summed E-state index contributed by atoms with van der Waals surface area (Å²) in [5, 5.41) is 21.9.